The monoisotopic (exact) mass is 280 g/mol. The van der Waals surface area contributed by atoms with Crippen molar-refractivity contribution in [2.75, 3.05) is 18.1 Å². The summed E-state index contributed by atoms with van der Waals surface area (Å²) in [4.78, 5) is 11.8. The molecule has 2 heterocycles. The Labute approximate surface area is 120 Å². The van der Waals surface area contributed by atoms with Crippen LogP contribution in [0.1, 0.15) is 51.4 Å². The van der Waals surface area contributed by atoms with Gasteiger partial charge in [-0.25, -0.2) is 0 Å². The maximum atomic E-state index is 11.8. The Morgan fingerprint density at radius 2 is 2.00 bits per heavy atom. The third-order valence-corrected chi connectivity index (χ3v) is 5.89. The third kappa shape index (κ3) is 3.25. The van der Waals surface area contributed by atoms with Crippen LogP contribution in [0.4, 0.5) is 0 Å². The van der Waals surface area contributed by atoms with E-state index in [9.17, 15) is 4.79 Å². The first-order valence-corrected chi connectivity index (χ1v) is 8.88. The SMILES string of the molecule is O=C1C=C(C2CCOC3(CCSCC3)C2)CCCC1. The van der Waals surface area contributed by atoms with Crippen LogP contribution < -0.4 is 0 Å². The fourth-order valence-corrected chi connectivity index (χ4v) is 4.97. The summed E-state index contributed by atoms with van der Waals surface area (Å²) in [5.41, 5.74) is 1.58. The first kappa shape index (κ1) is 13.7. The van der Waals surface area contributed by atoms with E-state index in [-0.39, 0.29) is 5.60 Å². The molecule has 0 radical (unpaired) electrons. The van der Waals surface area contributed by atoms with Gasteiger partial charge >= 0.3 is 0 Å². The van der Waals surface area contributed by atoms with E-state index in [4.69, 9.17) is 4.74 Å². The zero-order chi connectivity index (χ0) is 13.1. The van der Waals surface area contributed by atoms with Crippen LogP contribution in [0.15, 0.2) is 11.6 Å². The molecule has 3 aliphatic rings. The molecule has 106 valence electrons. The van der Waals surface area contributed by atoms with E-state index in [0.29, 0.717) is 11.7 Å². The number of hydrogen-bond donors (Lipinski definition) is 0. The van der Waals surface area contributed by atoms with Crippen molar-refractivity contribution >= 4 is 17.5 Å². The van der Waals surface area contributed by atoms with Crippen molar-refractivity contribution in [1.29, 1.82) is 0 Å². The summed E-state index contributed by atoms with van der Waals surface area (Å²) in [5, 5.41) is 0. The molecule has 2 saturated heterocycles. The quantitative estimate of drug-likeness (QED) is 0.732. The average molecular weight is 280 g/mol. The lowest BCUT2D eigenvalue weighted by Gasteiger charge is -2.44. The fourth-order valence-electron chi connectivity index (χ4n) is 3.74. The zero-order valence-electron chi connectivity index (χ0n) is 11.7. The standard InChI is InChI=1S/C16H24O2S/c17-15-4-2-1-3-13(11-15)14-5-8-18-16(12-14)6-9-19-10-7-16/h11,14H,1-10,12H2. The lowest BCUT2D eigenvalue weighted by atomic mass is 9.77. The van der Waals surface area contributed by atoms with Gasteiger partial charge in [-0.05, 0) is 68.4 Å². The largest absolute Gasteiger partial charge is 0.375 e. The Morgan fingerprint density at radius 3 is 2.84 bits per heavy atom. The molecule has 0 saturated carbocycles. The van der Waals surface area contributed by atoms with Gasteiger partial charge in [0, 0.05) is 13.0 Å². The minimum absolute atomic E-state index is 0.143. The first-order chi connectivity index (χ1) is 9.27. The minimum Gasteiger partial charge on any atom is -0.375 e. The highest BCUT2D eigenvalue weighted by Gasteiger charge is 2.39. The van der Waals surface area contributed by atoms with E-state index in [2.05, 4.69) is 11.8 Å². The van der Waals surface area contributed by atoms with Crippen molar-refractivity contribution < 1.29 is 9.53 Å². The fraction of sp³-hybridized carbons (Fsp3) is 0.812. The Bertz CT molecular complexity index is 363. The van der Waals surface area contributed by atoms with Crippen LogP contribution in [-0.4, -0.2) is 29.5 Å². The molecule has 3 rings (SSSR count). The second-order valence-electron chi connectivity index (χ2n) is 6.23. The summed E-state index contributed by atoms with van der Waals surface area (Å²) in [6.07, 6.45) is 10.8. The van der Waals surface area contributed by atoms with Crippen molar-refractivity contribution in [3.63, 3.8) is 0 Å². The Morgan fingerprint density at radius 1 is 1.21 bits per heavy atom. The molecule has 2 fully saturated rings. The molecule has 3 heteroatoms. The van der Waals surface area contributed by atoms with E-state index in [1.165, 1.54) is 36.3 Å². The molecule has 2 nitrogen and oxygen atoms in total. The maximum absolute atomic E-state index is 11.8. The first-order valence-electron chi connectivity index (χ1n) is 7.72. The molecule has 1 aliphatic carbocycles. The lowest BCUT2D eigenvalue weighted by molar-refractivity contribution is -0.114. The molecule has 0 aromatic rings. The van der Waals surface area contributed by atoms with E-state index in [1.807, 2.05) is 6.08 Å². The van der Waals surface area contributed by atoms with Crippen molar-refractivity contribution in [1.82, 2.24) is 0 Å². The van der Waals surface area contributed by atoms with Crippen LogP contribution in [0.5, 0.6) is 0 Å². The minimum atomic E-state index is 0.143. The Hall–Kier alpha value is -0.280. The molecule has 2 aliphatic heterocycles. The van der Waals surface area contributed by atoms with Crippen LogP contribution in [0.3, 0.4) is 0 Å². The Balaban J connectivity index is 1.71. The second kappa shape index (κ2) is 6.01. The van der Waals surface area contributed by atoms with E-state index in [0.717, 1.165) is 38.7 Å². The van der Waals surface area contributed by atoms with Gasteiger partial charge in [-0.1, -0.05) is 5.57 Å². The predicted octanol–water partition coefficient (Wildman–Crippen LogP) is 3.75. The summed E-state index contributed by atoms with van der Waals surface area (Å²) in [6.45, 7) is 0.890. The molecule has 0 bridgehead atoms. The highest BCUT2D eigenvalue weighted by molar-refractivity contribution is 7.99. The number of hydrogen-bond acceptors (Lipinski definition) is 3. The molecular formula is C16H24O2S. The normalized spacial score (nSPS) is 31.9. The zero-order valence-corrected chi connectivity index (χ0v) is 12.5. The van der Waals surface area contributed by atoms with Crippen LogP contribution in [-0.2, 0) is 9.53 Å². The van der Waals surface area contributed by atoms with Gasteiger partial charge in [-0.2, -0.15) is 11.8 Å². The number of thioether (sulfide) groups is 1. The molecule has 1 atom stereocenters. The number of ketones is 1. The van der Waals surface area contributed by atoms with E-state index < -0.39 is 0 Å². The highest BCUT2D eigenvalue weighted by atomic mass is 32.2. The second-order valence-corrected chi connectivity index (χ2v) is 7.45. The molecule has 1 unspecified atom stereocenters. The summed E-state index contributed by atoms with van der Waals surface area (Å²) in [7, 11) is 0. The van der Waals surface area contributed by atoms with Crippen LogP contribution >= 0.6 is 11.8 Å². The molecule has 0 aromatic heterocycles. The molecule has 0 N–H and O–H groups in total. The van der Waals surface area contributed by atoms with Crippen LogP contribution in [0.2, 0.25) is 0 Å². The van der Waals surface area contributed by atoms with Gasteiger partial charge < -0.3 is 4.74 Å². The lowest BCUT2D eigenvalue weighted by Crippen LogP contribution is -2.43. The van der Waals surface area contributed by atoms with Crippen molar-refractivity contribution in [3.05, 3.63) is 11.6 Å². The summed E-state index contributed by atoms with van der Waals surface area (Å²) in [6, 6.07) is 0. The van der Waals surface area contributed by atoms with Crippen molar-refractivity contribution in [2.45, 2.75) is 57.0 Å². The third-order valence-electron chi connectivity index (χ3n) is 4.91. The summed E-state index contributed by atoms with van der Waals surface area (Å²) < 4.78 is 6.16. The highest BCUT2D eigenvalue weighted by Crippen LogP contribution is 2.43. The van der Waals surface area contributed by atoms with Gasteiger partial charge in [0.15, 0.2) is 5.78 Å². The molecule has 19 heavy (non-hydrogen) atoms. The van der Waals surface area contributed by atoms with Gasteiger partial charge in [0.05, 0.1) is 5.60 Å². The number of carbonyl (C=O) groups is 1. The van der Waals surface area contributed by atoms with Crippen LogP contribution in [0, 0.1) is 5.92 Å². The summed E-state index contributed by atoms with van der Waals surface area (Å²) in [5.74, 6) is 3.45. The molecule has 0 aromatic carbocycles. The summed E-state index contributed by atoms with van der Waals surface area (Å²) >= 11 is 2.05. The van der Waals surface area contributed by atoms with Gasteiger partial charge in [0.25, 0.3) is 0 Å². The predicted molar refractivity (Wildman–Crippen MR) is 79.5 cm³/mol. The molecule has 0 amide bonds. The Kier molecular flexibility index (Phi) is 4.33. The number of carbonyl (C=O) groups excluding carboxylic acids is 1. The van der Waals surface area contributed by atoms with Gasteiger partial charge in [0.2, 0.25) is 0 Å². The van der Waals surface area contributed by atoms with E-state index >= 15 is 0 Å². The van der Waals surface area contributed by atoms with Gasteiger partial charge in [0.1, 0.15) is 0 Å². The van der Waals surface area contributed by atoms with E-state index in [1.54, 1.807) is 0 Å². The smallest absolute Gasteiger partial charge is 0.155 e. The maximum Gasteiger partial charge on any atom is 0.155 e. The molecule has 1 spiro atoms. The van der Waals surface area contributed by atoms with Crippen LogP contribution in [0.25, 0.3) is 0 Å². The number of rotatable bonds is 1. The van der Waals surface area contributed by atoms with Gasteiger partial charge in [-0.3, -0.25) is 4.79 Å². The topological polar surface area (TPSA) is 26.3 Å². The number of ether oxygens (including phenoxy) is 1. The van der Waals surface area contributed by atoms with Crippen molar-refractivity contribution in [2.24, 2.45) is 5.92 Å². The molecular weight excluding hydrogens is 256 g/mol. The van der Waals surface area contributed by atoms with Gasteiger partial charge in [-0.15, -0.1) is 0 Å². The number of allylic oxidation sites excluding steroid dienone is 2. The average Bonchev–Trinajstić information content (AvgIpc) is 2.64. The van der Waals surface area contributed by atoms with Crippen molar-refractivity contribution in [3.8, 4) is 0 Å².